The maximum atomic E-state index is 13.3. The Hall–Kier alpha value is -1.58. The van der Waals surface area contributed by atoms with Crippen LogP contribution in [0.5, 0.6) is 5.75 Å². The third-order valence-corrected chi connectivity index (χ3v) is 4.26. The summed E-state index contributed by atoms with van der Waals surface area (Å²) in [6.45, 7) is 0.463. The molecule has 0 amide bonds. The lowest BCUT2D eigenvalue weighted by Crippen LogP contribution is -2.33. The van der Waals surface area contributed by atoms with Gasteiger partial charge in [-0.05, 0) is 41.8 Å². The molecular formula is C17H16ClFO2. The normalized spacial score (nSPS) is 18.7. The molecule has 0 aliphatic carbocycles. The summed E-state index contributed by atoms with van der Waals surface area (Å²) in [4.78, 5) is 0. The van der Waals surface area contributed by atoms with Gasteiger partial charge in [0, 0.05) is 17.4 Å². The first-order valence-electron chi connectivity index (χ1n) is 6.96. The molecule has 2 unspecified atom stereocenters. The Labute approximate surface area is 128 Å². The lowest BCUT2D eigenvalue weighted by Gasteiger charge is -2.29. The highest BCUT2D eigenvalue weighted by Crippen LogP contribution is 2.30. The molecule has 0 fully saturated rings. The van der Waals surface area contributed by atoms with E-state index < -0.39 is 6.10 Å². The predicted molar refractivity (Wildman–Crippen MR) is 80.3 cm³/mol. The summed E-state index contributed by atoms with van der Waals surface area (Å²) in [6, 6.07) is 12.0. The van der Waals surface area contributed by atoms with Gasteiger partial charge in [-0.3, -0.25) is 0 Å². The van der Waals surface area contributed by atoms with Gasteiger partial charge in [0.25, 0.3) is 0 Å². The minimum Gasteiger partial charge on any atom is -0.493 e. The Morgan fingerprint density at radius 1 is 1.29 bits per heavy atom. The number of para-hydroxylation sites is 1. The fourth-order valence-corrected chi connectivity index (χ4v) is 2.89. The number of hydrogen-bond donors (Lipinski definition) is 1. The lowest BCUT2D eigenvalue weighted by atomic mass is 9.89. The number of aliphatic hydroxyl groups excluding tert-OH is 1. The first kappa shape index (κ1) is 14.4. The minimum absolute atomic E-state index is 0.0146. The fraction of sp³-hybridized carbons (Fsp3) is 0.294. The lowest BCUT2D eigenvalue weighted by molar-refractivity contribution is 0.0652. The Bertz CT molecular complexity index is 644. The van der Waals surface area contributed by atoms with E-state index in [2.05, 4.69) is 0 Å². The quantitative estimate of drug-likeness (QED) is 0.938. The molecule has 2 nitrogen and oxygen atoms in total. The fourth-order valence-electron chi connectivity index (χ4n) is 2.69. The number of fused-ring (bicyclic) bond motifs is 1. The zero-order valence-corrected chi connectivity index (χ0v) is 12.2. The summed E-state index contributed by atoms with van der Waals surface area (Å²) in [6.07, 6.45) is 0.467. The summed E-state index contributed by atoms with van der Waals surface area (Å²) in [5.74, 6) is 0.524. The molecule has 1 heterocycles. The number of aliphatic hydroxyl groups is 1. The van der Waals surface area contributed by atoms with Gasteiger partial charge in [0.2, 0.25) is 0 Å². The third-order valence-electron chi connectivity index (χ3n) is 3.89. The Morgan fingerprint density at radius 2 is 2.10 bits per heavy atom. The topological polar surface area (TPSA) is 29.5 Å². The molecule has 0 radical (unpaired) electrons. The maximum Gasteiger partial charge on any atom is 0.123 e. The average molecular weight is 307 g/mol. The van der Waals surface area contributed by atoms with Gasteiger partial charge in [0.05, 0.1) is 12.7 Å². The van der Waals surface area contributed by atoms with Crippen LogP contribution >= 0.6 is 11.6 Å². The second kappa shape index (κ2) is 6.04. The molecule has 21 heavy (non-hydrogen) atoms. The zero-order valence-electron chi connectivity index (χ0n) is 11.4. The van der Waals surface area contributed by atoms with Crippen molar-refractivity contribution in [2.24, 2.45) is 5.92 Å². The molecule has 4 heteroatoms. The Kier molecular flexibility index (Phi) is 4.13. The van der Waals surface area contributed by atoms with Crippen LogP contribution in [0.15, 0.2) is 42.5 Å². The highest BCUT2D eigenvalue weighted by molar-refractivity contribution is 6.31. The largest absolute Gasteiger partial charge is 0.493 e. The highest BCUT2D eigenvalue weighted by atomic mass is 35.5. The molecule has 1 aliphatic heterocycles. The van der Waals surface area contributed by atoms with Crippen molar-refractivity contribution in [3.63, 3.8) is 0 Å². The van der Waals surface area contributed by atoms with Crippen LogP contribution in [0.2, 0.25) is 5.02 Å². The molecule has 0 aromatic heterocycles. The van der Waals surface area contributed by atoms with Crippen molar-refractivity contribution in [1.82, 2.24) is 0 Å². The van der Waals surface area contributed by atoms with Crippen molar-refractivity contribution in [1.29, 1.82) is 0 Å². The van der Waals surface area contributed by atoms with Gasteiger partial charge < -0.3 is 9.84 Å². The van der Waals surface area contributed by atoms with Crippen LogP contribution in [-0.2, 0) is 12.8 Å². The minimum atomic E-state index is -0.613. The van der Waals surface area contributed by atoms with Crippen LogP contribution in [0.1, 0.15) is 11.1 Å². The van der Waals surface area contributed by atoms with Crippen molar-refractivity contribution < 1.29 is 14.2 Å². The standard InChI is InChI=1S/C17H16ClFO2/c18-15-6-5-14(19)8-12(15)9-16(20)13-7-11-3-1-2-4-17(11)21-10-13/h1-6,8,13,16,20H,7,9-10H2. The molecular weight excluding hydrogens is 291 g/mol. The van der Waals surface area contributed by atoms with Crippen molar-refractivity contribution in [3.8, 4) is 5.75 Å². The molecule has 3 rings (SSSR count). The van der Waals surface area contributed by atoms with E-state index in [4.69, 9.17) is 16.3 Å². The summed E-state index contributed by atoms with van der Waals surface area (Å²) >= 11 is 6.05. The van der Waals surface area contributed by atoms with E-state index >= 15 is 0 Å². The molecule has 2 aromatic carbocycles. The smallest absolute Gasteiger partial charge is 0.123 e. The number of rotatable bonds is 3. The first-order valence-corrected chi connectivity index (χ1v) is 7.34. The van der Waals surface area contributed by atoms with E-state index in [9.17, 15) is 9.50 Å². The van der Waals surface area contributed by atoms with Gasteiger partial charge in [0.1, 0.15) is 11.6 Å². The second-order valence-corrected chi connectivity index (χ2v) is 5.80. The molecule has 1 N–H and O–H groups in total. The summed E-state index contributed by atoms with van der Waals surface area (Å²) in [5.41, 5.74) is 1.72. The van der Waals surface area contributed by atoms with Crippen LogP contribution in [0.25, 0.3) is 0 Å². The van der Waals surface area contributed by atoms with Gasteiger partial charge in [-0.25, -0.2) is 4.39 Å². The van der Waals surface area contributed by atoms with Gasteiger partial charge in [-0.1, -0.05) is 29.8 Å². The molecule has 0 spiro atoms. The highest BCUT2D eigenvalue weighted by Gasteiger charge is 2.26. The van der Waals surface area contributed by atoms with Crippen LogP contribution in [0, 0.1) is 11.7 Å². The van der Waals surface area contributed by atoms with Crippen molar-refractivity contribution in [3.05, 3.63) is 64.4 Å². The van der Waals surface area contributed by atoms with Crippen molar-refractivity contribution in [2.75, 3.05) is 6.61 Å². The molecule has 2 atom stereocenters. The SMILES string of the molecule is OC(Cc1cc(F)ccc1Cl)C1COc2ccccc2C1. The van der Waals surface area contributed by atoms with E-state index in [1.807, 2.05) is 24.3 Å². The maximum absolute atomic E-state index is 13.3. The van der Waals surface area contributed by atoms with Crippen molar-refractivity contribution >= 4 is 11.6 Å². The molecule has 110 valence electrons. The van der Waals surface area contributed by atoms with Crippen molar-refractivity contribution in [2.45, 2.75) is 18.9 Å². The number of benzene rings is 2. The molecule has 0 bridgehead atoms. The molecule has 2 aromatic rings. The third kappa shape index (κ3) is 3.20. The second-order valence-electron chi connectivity index (χ2n) is 5.39. The predicted octanol–water partition coefficient (Wildman–Crippen LogP) is 3.63. The first-order chi connectivity index (χ1) is 10.1. The number of ether oxygens (including phenoxy) is 1. The Balaban J connectivity index is 1.72. The number of hydrogen-bond acceptors (Lipinski definition) is 2. The van der Waals surface area contributed by atoms with E-state index in [0.29, 0.717) is 23.6 Å². The molecule has 0 saturated carbocycles. The number of halogens is 2. The summed E-state index contributed by atoms with van der Waals surface area (Å²) < 4.78 is 19.0. The monoisotopic (exact) mass is 306 g/mol. The molecule has 1 aliphatic rings. The average Bonchev–Trinajstić information content (AvgIpc) is 2.50. The van der Waals surface area contributed by atoms with Gasteiger partial charge in [-0.15, -0.1) is 0 Å². The van der Waals surface area contributed by atoms with Gasteiger partial charge >= 0.3 is 0 Å². The summed E-state index contributed by atoms with van der Waals surface area (Å²) in [7, 11) is 0. The van der Waals surface area contributed by atoms with E-state index in [1.54, 1.807) is 0 Å². The van der Waals surface area contributed by atoms with Crippen LogP contribution in [0.3, 0.4) is 0 Å². The molecule has 0 saturated heterocycles. The zero-order chi connectivity index (χ0) is 14.8. The summed E-state index contributed by atoms with van der Waals surface area (Å²) in [5, 5.41) is 10.9. The van der Waals surface area contributed by atoms with Gasteiger partial charge in [0.15, 0.2) is 0 Å². The van der Waals surface area contributed by atoms with E-state index in [0.717, 1.165) is 17.7 Å². The Morgan fingerprint density at radius 3 is 2.95 bits per heavy atom. The van der Waals surface area contributed by atoms with Crippen LogP contribution in [-0.4, -0.2) is 17.8 Å². The van der Waals surface area contributed by atoms with E-state index in [-0.39, 0.29) is 11.7 Å². The van der Waals surface area contributed by atoms with Crippen LogP contribution < -0.4 is 4.74 Å². The van der Waals surface area contributed by atoms with Crippen LogP contribution in [0.4, 0.5) is 4.39 Å². The van der Waals surface area contributed by atoms with E-state index in [1.165, 1.54) is 18.2 Å². The van der Waals surface area contributed by atoms with Gasteiger partial charge in [-0.2, -0.15) is 0 Å².